The first kappa shape index (κ1) is 22.0. The molecule has 0 bridgehead atoms. The lowest BCUT2D eigenvalue weighted by molar-refractivity contribution is -0.118. The van der Waals surface area contributed by atoms with E-state index < -0.39 is 10.8 Å². The van der Waals surface area contributed by atoms with E-state index in [1.807, 2.05) is 0 Å². The van der Waals surface area contributed by atoms with E-state index in [-0.39, 0.29) is 11.5 Å². The van der Waals surface area contributed by atoms with Gasteiger partial charge in [0.15, 0.2) is 0 Å². The van der Waals surface area contributed by atoms with Crippen LogP contribution in [-0.2, 0) is 15.6 Å². The summed E-state index contributed by atoms with van der Waals surface area (Å²) in [5, 5.41) is 0. The first-order chi connectivity index (χ1) is 13.8. The number of Topliss-reactive ketones (excluding diaryl/α,β-unsaturated/α-hetero) is 1. The van der Waals surface area contributed by atoms with Crippen LogP contribution in [0.5, 0.6) is 0 Å². The van der Waals surface area contributed by atoms with Crippen molar-refractivity contribution < 1.29 is 9.00 Å². The van der Waals surface area contributed by atoms with Gasteiger partial charge in [-0.25, -0.2) is 0 Å². The zero-order valence-electron chi connectivity index (χ0n) is 19.4. The Morgan fingerprint density at radius 3 is 2.48 bits per heavy atom. The quantitative estimate of drug-likeness (QED) is 0.498. The number of hydrogen-bond acceptors (Lipinski definition) is 2. The average molecular weight is 421 g/mol. The maximum atomic E-state index is 12.1. The summed E-state index contributed by atoms with van der Waals surface area (Å²) in [5.41, 5.74) is 1.13. The van der Waals surface area contributed by atoms with Crippen molar-refractivity contribution in [3.05, 3.63) is 0 Å². The molecule has 0 spiro atoms. The van der Waals surface area contributed by atoms with Crippen LogP contribution in [0.15, 0.2) is 0 Å². The summed E-state index contributed by atoms with van der Waals surface area (Å²) >= 11 is 0. The van der Waals surface area contributed by atoms with Crippen LogP contribution in [-0.4, -0.2) is 22.0 Å². The van der Waals surface area contributed by atoms with E-state index in [1.165, 1.54) is 64.2 Å². The van der Waals surface area contributed by atoms with Gasteiger partial charge in [0, 0.05) is 23.5 Å². The predicted molar refractivity (Wildman–Crippen MR) is 122 cm³/mol. The van der Waals surface area contributed by atoms with Gasteiger partial charge in [0.2, 0.25) is 0 Å². The number of carbonyl (C=O) groups excluding carboxylic acids is 1. The molecule has 0 N–H and O–H groups in total. The molecule has 0 unspecified atom stereocenters. The van der Waals surface area contributed by atoms with E-state index in [9.17, 15) is 9.00 Å². The van der Waals surface area contributed by atoms with E-state index >= 15 is 0 Å². The van der Waals surface area contributed by atoms with Crippen molar-refractivity contribution in [2.24, 2.45) is 46.3 Å². The molecule has 0 aromatic rings. The fourth-order valence-electron chi connectivity index (χ4n) is 9.16. The van der Waals surface area contributed by atoms with Gasteiger partial charge in [-0.2, -0.15) is 0 Å². The van der Waals surface area contributed by atoms with Crippen LogP contribution in [0.1, 0.15) is 97.8 Å². The number of ketones is 1. The Bertz CT molecular complexity index is 645. The average Bonchev–Trinajstić information content (AvgIpc) is 3.02. The minimum atomic E-state index is -0.989. The standard InChI is InChI=1S/C26H44O2S/c1-18(8-10-20(27)17-29(4)28)22-12-13-23-21-11-9-19-7-5-6-15-25(19,2)24(21)14-16-26(22,23)3/h18-19,21-24H,5-17H2,1-4H3/t18-,19+,21-,22+,23-,24-,25-,26+,29-/m0/s1. The SMILES string of the molecule is C[C@@H](CCC(=O)C[S@](C)=O)[C@H]1CC[C@H]2[C@@H]3CC[C@H]4CCCC[C@]4(C)[C@H]3CC[C@]12C. The molecule has 0 amide bonds. The molecular weight excluding hydrogens is 376 g/mol. The summed E-state index contributed by atoms with van der Waals surface area (Å²) in [7, 11) is -0.989. The molecule has 4 fully saturated rings. The maximum Gasteiger partial charge on any atom is 0.145 e. The van der Waals surface area contributed by atoms with Crippen molar-refractivity contribution in [3.63, 3.8) is 0 Å². The summed E-state index contributed by atoms with van der Waals surface area (Å²) < 4.78 is 11.3. The second kappa shape index (κ2) is 8.40. The third kappa shape index (κ3) is 3.92. The predicted octanol–water partition coefficient (Wildman–Crippen LogP) is 6.40. The molecule has 0 saturated heterocycles. The molecule has 4 aliphatic carbocycles. The van der Waals surface area contributed by atoms with Gasteiger partial charge in [-0.3, -0.25) is 9.00 Å². The van der Waals surface area contributed by atoms with Gasteiger partial charge in [0.1, 0.15) is 5.78 Å². The van der Waals surface area contributed by atoms with Crippen LogP contribution in [0.2, 0.25) is 0 Å². The van der Waals surface area contributed by atoms with Crippen LogP contribution in [0.4, 0.5) is 0 Å². The highest BCUT2D eigenvalue weighted by Gasteiger charge is 2.60. The lowest BCUT2D eigenvalue weighted by atomic mass is 9.44. The maximum absolute atomic E-state index is 12.1. The Morgan fingerprint density at radius 2 is 1.72 bits per heavy atom. The molecule has 4 saturated carbocycles. The second-order valence-corrected chi connectivity index (χ2v) is 13.3. The van der Waals surface area contributed by atoms with Crippen molar-refractivity contribution in [1.82, 2.24) is 0 Å². The Morgan fingerprint density at radius 1 is 0.966 bits per heavy atom. The Kier molecular flexibility index (Phi) is 6.38. The Balaban J connectivity index is 1.44. The molecular formula is C26H44O2S. The summed E-state index contributed by atoms with van der Waals surface area (Å²) in [6, 6.07) is 0. The molecule has 9 atom stereocenters. The first-order valence-corrected chi connectivity index (χ1v) is 14.3. The van der Waals surface area contributed by atoms with Gasteiger partial charge in [-0.15, -0.1) is 0 Å². The van der Waals surface area contributed by atoms with E-state index in [1.54, 1.807) is 6.26 Å². The molecule has 4 aliphatic rings. The van der Waals surface area contributed by atoms with E-state index in [0.717, 1.165) is 36.0 Å². The van der Waals surface area contributed by atoms with Crippen molar-refractivity contribution in [3.8, 4) is 0 Å². The molecule has 2 nitrogen and oxygen atoms in total. The fraction of sp³-hybridized carbons (Fsp3) is 0.962. The van der Waals surface area contributed by atoms with E-state index in [4.69, 9.17) is 0 Å². The van der Waals surface area contributed by atoms with Crippen LogP contribution in [0.25, 0.3) is 0 Å². The third-order valence-corrected chi connectivity index (χ3v) is 11.3. The van der Waals surface area contributed by atoms with Gasteiger partial charge in [0.05, 0.1) is 5.75 Å². The normalized spacial score (nSPS) is 46.3. The third-order valence-electron chi connectivity index (χ3n) is 10.6. The number of fused-ring (bicyclic) bond motifs is 5. The zero-order chi connectivity index (χ0) is 20.8. The first-order valence-electron chi connectivity index (χ1n) is 12.6. The van der Waals surface area contributed by atoms with Gasteiger partial charge >= 0.3 is 0 Å². The molecule has 3 heteroatoms. The molecule has 0 heterocycles. The van der Waals surface area contributed by atoms with E-state index in [0.29, 0.717) is 23.2 Å². The molecule has 0 radical (unpaired) electrons. The minimum Gasteiger partial charge on any atom is -0.299 e. The number of carbonyl (C=O) groups is 1. The van der Waals surface area contributed by atoms with Gasteiger partial charge < -0.3 is 0 Å². The van der Waals surface area contributed by atoms with Crippen molar-refractivity contribution >= 4 is 16.6 Å². The summed E-state index contributed by atoms with van der Waals surface area (Å²) in [6.45, 7) is 7.70. The van der Waals surface area contributed by atoms with Crippen molar-refractivity contribution in [2.45, 2.75) is 97.8 Å². The summed E-state index contributed by atoms with van der Waals surface area (Å²) in [4.78, 5) is 12.1. The smallest absolute Gasteiger partial charge is 0.145 e. The molecule has 4 rings (SSSR count). The van der Waals surface area contributed by atoms with Crippen LogP contribution >= 0.6 is 0 Å². The van der Waals surface area contributed by atoms with E-state index in [2.05, 4.69) is 20.8 Å². The largest absolute Gasteiger partial charge is 0.299 e. The van der Waals surface area contributed by atoms with Crippen molar-refractivity contribution in [2.75, 3.05) is 12.0 Å². The molecule has 0 aliphatic heterocycles. The van der Waals surface area contributed by atoms with Gasteiger partial charge in [-0.1, -0.05) is 33.6 Å². The lowest BCUT2D eigenvalue weighted by Gasteiger charge is -2.61. The summed E-state index contributed by atoms with van der Waals surface area (Å²) in [6.07, 6.45) is 17.9. The molecule has 0 aromatic heterocycles. The molecule has 0 aromatic carbocycles. The Labute approximate surface area is 181 Å². The molecule has 166 valence electrons. The zero-order valence-corrected chi connectivity index (χ0v) is 20.2. The highest BCUT2D eigenvalue weighted by molar-refractivity contribution is 7.85. The Hall–Kier alpha value is -0.180. The topological polar surface area (TPSA) is 34.1 Å². The number of rotatable bonds is 6. The highest BCUT2D eigenvalue weighted by atomic mass is 32.2. The van der Waals surface area contributed by atoms with Crippen LogP contribution in [0.3, 0.4) is 0 Å². The monoisotopic (exact) mass is 420 g/mol. The van der Waals surface area contributed by atoms with Crippen LogP contribution < -0.4 is 0 Å². The summed E-state index contributed by atoms with van der Waals surface area (Å²) in [5.74, 6) is 5.73. The molecule has 29 heavy (non-hydrogen) atoms. The van der Waals surface area contributed by atoms with Gasteiger partial charge in [0.25, 0.3) is 0 Å². The fourth-order valence-corrected chi connectivity index (χ4v) is 9.76. The number of hydrogen-bond donors (Lipinski definition) is 0. The minimum absolute atomic E-state index is 0.199. The van der Waals surface area contributed by atoms with Crippen molar-refractivity contribution in [1.29, 1.82) is 0 Å². The lowest BCUT2D eigenvalue weighted by Crippen LogP contribution is -2.53. The second-order valence-electron chi connectivity index (χ2n) is 11.9. The van der Waals surface area contributed by atoms with Crippen LogP contribution in [0, 0.1) is 46.3 Å². The highest BCUT2D eigenvalue weighted by Crippen LogP contribution is 2.68. The van der Waals surface area contributed by atoms with Gasteiger partial charge in [-0.05, 0) is 104 Å².